The zero-order chi connectivity index (χ0) is 33.7. The first-order chi connectivity index (χ1) is 24.6. The van der Waals surface area contributed by atoms with E-state index in [1.54, 1.807) is 0 Å². The molecule has 0 aromatic heterocycles. The van der Waals surface area contributed by atoms with E-state index in [2.05, 4.69) is 207 Å². The van der Waals surface area contributed by atoms with Crippen LogP contribution in [0.5, 0.6) is 0 Å². The Hall–Kier alpha value is -6.18. The second kappa shape index (κ2) is 12.1. The topological polar surface area (TPSA) is 3.24 Å². The Labute approximate surface area is 294 Å². The molecule has 0 heterocycles. The molecule has 1 aliphatic carbocycles. The highest BCUT2D eigenvalue weighted by Crippen LogP contribution is 2.59. The second-order valence-electron chi connectivity index (χ2n) is 13.7. The van der Waals surface area contributed by atoms with Crippen LogP contribution in [-0.2, 0) is 5.41 Å². The van der Waals surface area contributed by atoms with Gasteiger partial charge in [0, 0.05) is 27.7 Å². The fraction of sp³-hybridized carbons (Fsp3) is 0.0612. The van der Waals surface area contributed by atoms with Crippen molar-refractivity contribution in [2.75, 3.05) is 4.90 Å². The molecule has 0 aliphatic heterocycles. The highest BCUT2D eigenvalue weighted by molar-refractivity contribution is 6.15. The number of rotatable bonds is 6. The van der Waals surface area contributed by atoms with Crippen LogP contribution in [0.3, 0.4) is 0 Å². The van der Waals surface area contributed by atoms with Gasteiger partial charge < -0.3 is 4.90 Å². The summed E-state index contributed by atoms with van der Waals surface area (Å²) in [5.74, 6) is 0. The van der Waals surface area contributed by atoms with Gasteiger partial charge in [-0.3, -0.25) is 0 Å². The van der Waals surface area contributed by atoms with Crippen LogP contribution in [0, 0.1) is 0 Å². The van der Waals surface area contributed by atoms with E-state index in [9.17, 15) is 0 Å². The van der Waals surface area contributed by atoms with Gasteiger partial charge in [-0.25, -0.2) is 0 Å². The van der Waals surface area contributed by atoms with Gasteiger partial charge in [-0.15, -0.1) is 0 Å². The van der Waals surface area contributed by atoms with Gasteiger partial charge >= 0.3 is 0 Å². The van der Waals surface area contributed by atoms with E-state index < -0.39 is 0 Å². The number of hydrogen-bond donors (Lipinski definition) is 0. The van der Waals surface area contributed by atoms with E-state index in [1.807, 2.05) is 0 Å². The smallest absolute Gasteiger partial charge is 0.0624 e. The van der Waals surface area contributed by atoms with Crippen molar-refractivity contribution in [1.29, 1.82) is 0 Å². The number of benzene rings is 8. The summed E-state index contributed by atoms with van der Waals surface area (Å²) in [4.78, 5) is 2.49. The van der Waals surface area contributed by atoms with E-state index in [4.69, 9.17) is 0 Å². The average Bonchev–Trinajstić information content (AvgIpc) is 3.43. The Bertz CT molecular complexity index is 2380. The zero-order valence-corrected chi connectivity index (χ0v) is 28.3. The summed E-state index contributed by atoms with van der Waals surface area (Å²) in [5, 5.41) is 2.54. The van der Waals surface area contributed by atoms with Gasteiger partial charge in [-0.05, 0) is 79.7 Å². The van der Waals surface area contributed by atoms with E-state index >= 15 is 0 Å². The van der Waals surface area contributed by atoms with Gasteiger partial charge in [0.15, 0.2) is 0 Å². The first-order valence-electron chi connectivity index (χ1n) is 17.5. The lowest BCUT2D eigenvalue weighted by Crippen LogP contribution is -2.17. The van der Waals surface area contributed by atoms with Gasteiger partial charge in [0.25, 0.3) is 0 Å². The molecule has 8 aromatic rings. The quantitative estimate of drug-likeness (QED) is 0.175. The molecule has 0 unspecified atom stereocenters. The van der Waals surface area contributed by atoms with Crippen molar-refractivity contribution in [2.24, 2.45) is 0 Å². The molecule has 0 fully saturated rings. The zero-order valence-electron chi connectivity index (χ0n) is 28.3. The summed E-state index contributed by atoms with van der Waals surface area (Å²) in [5.41, 5.74) is 16.0. The highest BCUT2D eigenvalue weighted by Gasteiger charge is 2.40. The lowest BCUT2D eigenvalue weighted by molar-refractivity contribution is 0.666. The molecule has 0 spiro atoms. The van der Waals surface area contributed by atoms with Gasteiger partial charge in [-0.2, -0.15) is 0 Å². The van der Waals surface area contributed by atoms with E-state index in [1.165, 1.54) is 72.1 Å². The van der Waals surface area contributed by atoms with Crippen LogP contribution in [-0.4, -0.2) is 0 Å². The van der Waals surface area contributed by atoms with Gasteiger partial charge in [0.05, 0.1) is 5.69 Å². The van der Waals surface area contributed by atoms with E-state index in [-0.39, 0.29) is 5.41 Å². The van der Waals surface area contributed by atoms with Crippen molar-refractivity contribution in [3.05, 3.63) is 199 Å². The molecule has 0 radical (unpaired) electrons. The lowest BCUT2D eigenvalue weighted by atomic mass is 9.78. The van der Waals surface area contributed by atoms with Crippen molar-refractivity contribution < 1.29 is 0 Å². The van der Waals surface area contributed by atoms with Crippen LogP contribution < -0.4 is 4.90 Å². The Morgan fingerprint density at radius 3 is 1.32 bits per heavy atom. The monoisotopic (exact) mass is 639 g/mol. The molecule has 9 rings (SSSR count). The van der Waals surface area contributed by atoms with Crippen LogP contribution in [0.1, 0.15) is 25.0 Å². The molecule has 1 heteroatoms. The number of anilines is 3. The Morgan fingerprint density at radius 2 is 0.780 bits per heavy atom. The summed E-state index contributed by atoms with van der Waals surface area (Å²) in [6, 6.07) is 68.5. The minimum absolute atomic E-state index is 0.160. The normalized spacial score (nSPS) is 12.8. The Balaban J connectivity index is 1.37. The van der Waals surface area contributed by atoms with Crippen molar-refractivity contribution in [2.45, 2.75) is 19.3 Å². The minimum Gasteiger partial charge on any atom is -0.309 e. The summed E-state index contributed by atoms with van der Waals surface area (Å²) < 4.78 is 0. The molecule has 0 saturated carbocycles. The molecule has 0 bridgehead atoms. The summed E-state index contributed by atoms with van der Waals surface area (Å²) in [6.45, 7) is 4.78. The van der Waals surface area contributed by atoms with Gasteiger partial charge in [0.1, 0.15) is 0 Å². The van der Waals surface area contributed by atoms with Crippen molar-refractivity contribution in [3.8, 4) is 44.5 Å². The van der Waals surface area contributed by atoms with E-state index in [0.29, 0.717) is 0 Å². The largest absolute Gasteiger partial charge is 0.309 e. The maximum atomic E-state index is 2.49. The Morgan fingerprint density at radius 1 is 0.360 bits per heavy atom. The first kappa shape index (κ1) is 29.9. The maximum absolute atomic E-state index is 2.49. The lowest BCUT2D eigenvalue weighted by Gasteiger charge is -2.32. The fourth-order valence-corrected chi connectivity index (χ4v) is 8.11. The van der Waals surface area contributed by atoms with Gasteiger partial charge in [-0.1, -0.05) is 178 Å². The standard InChI is InChI=1S/C49H37N/c1-49(2)44-25-15-14-24-43(44)46-45(38-20-10-5-11-21-38)48(42-23-13-12-22-41(42)47(46)49)50(39-30-26-36(27-31-39)34-16-6-3-7-17-34)40-32-28-37(29-33-40)35-18-8-4-9-19-35/h3-33H,1-2H3. The molecule has 0 amide bonds. The maximum Gasteiger partial charge on any atom is 0.0624 e. The molecule has 50 heavy (non-hydrogen) atoms. The summed E-state index contributed by atoms with van der Waals surface area (Å²) in [6.07, 6.45) is 0. The van der Waals surface area contributed by atoms with Crippen LogP contribution in [0.4, 0.5) is 17.1 Å². The summed E-state index contributed by atoms with van der Waals surface area (Å²) >= 11 is 0. The molecule has 1 nitrogen and oxygen atoms in total. The van der Waals surface area contributed by atoms with E-state index in [0.717, 1.165) is 11.4 Å². The molecule has 0 atom stereocenters. The average molecular weight is 640 g/mol. The van der Waals surface area contributed by atoms with Crippen LogP contribution in [0.25, 0.3) is 55.3 Å². The molecule has 8 aromatic carbocycles. The molecular formula is C49H37N. The van der Waals surface area contributed by atoms with Crippen molar-refractivity contribution >= 4 is 27.8 Å². The van der Waals surface area contributed by atoms with Crippen molar-refractivity contribution in [1.82, 2.24) is 0 Å². The predicted octanol–water partition coefficient (Wildman–Crippen LogP) is 13.6. The minimum atomic E-state index is -0.160. The fourth-order valence-electron chi connectivity index (χ4n) is 8.11. The molecule has 0 saturated heterocycles. The third kappa shape index (κ3) is 4.85. The molecular weight excluding hydrogens is 603 g/mol. The Kier molecular flexibility index (Phi) is 7.21. The molecule has 0 N–H and O–H groups in total. The van der Waals surface area contributed by atoms with Crippen LogP contribution in [0.15, 0.2) is 188 Å². The van der Waals surface area contributed by atoms with Gasteiger partial charge in [0.2, 0.25) is 0 Å². The van der Waals surface area contributed by atoms with Crippen LogP contribution >= 0.6 is 0 Å². The molecule has 1 aliphatic rings. The highest BCUT2D eigenvalue weighted by atomic mass is 15.1. The molecule has 238 valence electrons. The predicted molar refractivity (Wildman–Crippen MR) is 213 cm³/mol. The summed E-state index contributed by atoms with van der Waals surface area (Å²) in [7, 11) is 0. The third-order valence-corrected chi connectivity index (χ3v) is 10.4. The number of nitrogens with zero attached hydrogens (tertiary/aromatic N) is 1. The van der Waals surface area contributed by atoms with Crippen LogP contribution in [0.2, 0.25) is 0 Å². The number of hydrogen-bond acceptors (Lipinski definition) is 1. The SMILES string of the molecule is CC1(C)c2ccccc2-c2c(-c3ccccc3)c(N(c3ccc(-c4ccccc4)cc3)c3ccc(-c4ccccc4)cc3)c3ccccc3c21. The first-order valence-corrected chi connectivity index (χ1v) is 17.5. The van der Waals surface area contributed by atoms with Crippen molar-refractivity contribution in [3.63, 3.8) is 0 Å². The second-order valence-corrected chi connectivity index (χ2v) is 13.7. The number of fused-ring (bicyclic) bond motifs is 5. The third-order valence-electron chi connectivity index (χ3n) is 10.4.